The molecule has 2 nitrogen and oxygen atoms in total. The SMILES string of the molecule is CC1CC(O)(CCc2ccccc2)CC(C)O1. The van der Waals surface area contributed by atoms with Gasteiger partial charge >= 0.3 is 0 Å². The van der Waals surface area contributed by atoms with Gasteiger partial charge < -0.3 is 9.84 Å². The van der Waals surface area contributed by atoms with Gasteiger partial charge in [0, 0.05) is 12.8 Å². The van der Waals surface area contributed by atoms with Crippen molar-refractivity contribution in [1.29, 1.82) is 0 Å². The summed E-state index contributed by atoms with van der Waals surface area (Å²) in [7, 11) is 0. The number of rotatable bonds is 3. The lowest BCUT2D eigenvalue weighted by Gasteiger charge is -2.39. The topological polar surface area (TPSA) is 29.5 Å². The first-order chi connectivity index (χ1) is 8.07. The number of hydrogen-bond donors (Lipinski definition) is 1. The fourth-order valence-electron chi connectivity index (χ4n) is 2.87. The van der Waals surface area contributed by atoms with Gasteiger partial charge in [-0.05, 0) is 32.3 Å². The molecule has 1 heterocycles. The Hall–Kier alpha value is -0.860. The van der Waals surface area contributed by atoms with E-state index in [1.165, 1.54) is 5.56 Å². The first-order valence-electron chi connectivity index (χ1n) is 6.49. The molecule has 0 aromatic heterocycles. The molecule has 2 heteroatoms. The lowest BCUT2D eigenvalue weighted by Crippen LogP contribution is -2.43. The second kappa shape index (κ2) is 5.19. The average Bonchev–Trinajstić information content (AvgIpc) is 2.26. The van der Waals surface area contributed by atoms with Crippen LogP contribution in [0.3, 0.4) is 0 Å². The normalized spacial score (nSPS) is 33.6. The zero-order valence-corrected chi connectivity index (χ0v) is 10.7. The highest BCUT2D eigenvalue weighted by Gasteiger charge is 2.36. The van der Waals surface area contributed by atoms with Crippen LogP contribution in [-0.4, -0.2) is 22.9 Å². The van der Waals surface area contributed by atoms with E-state index in [0.29, 0.717) is 0 Å². The molecular weight excluding hydrogens is 212 g/mol. The van der Waals surface area contributed by atoms with Gasteiger partial charge in [0.25, 0.3) is 0 Å². The minimum Gasteiger partial charge on any atom is -0.390 e. The first kappa shape index (κ1) is 12.6. The van der Waals surface area contributed by atoms with Crippen LogP contribution < -0.4 is 0 Å². The van der Waals surface area contributed by atoms with Crippen LogP contribution in [0.25, 0.3) is 0 Å². The van der Waals surface area contributed by atoms with Gasteiger partial charge in [-0.3, -0.25) is 0 Å². The van der Waals surface area contributed by atoms with Crippen LogP contribution in [0.1, 0.15) is 38.7 Å². The summed E-state index contributed by atoms with van der Waals surface area (Å²) in [6, 6.07) is 10.4. The second-order valence-electron chi connectivity index (χ2n) is 5.38. The lowest BCUT2D eigenvalue weighted by molar-refractivity contribution is -0.134. The Labute approximate surface area is 104 Å². The van der Waals surface area contributed by atoms with Crippen molar-refractivity contribution < 1.29 is 9.84 Å². The average molecular weight is 234 g/mol. The number of benzene rings is 1. The zero-order valence-electron chi connectivity index (χ0n) is 10.7. The summed E-state index contributed by atoms with van der Waals surface area (Å²) in [6.07, 6.45) is 3.61. The van der Waals surface area contributed by atoms with Crippen molar-refractivity contribution in [2.45, 2.75) is 57.3 Å². The van der Waals surface area contributed by atoms with Crippen LogP contribution in [0.4, 0.5) is 0 Å². The zero-order chi connectivity index (χ0) is 12.3. The predicted octanol–water partition coefficient (Wildman–Crippen LogP) is 2.94. The molecule has 1 aromatic carbocycles. The Morgan fingerprint density at radius 1 is 1.18 bits per heavy atom. The first-order valence-corrected chi connectivity index (χ1v) is 6.49. The largest absolute Gasteiger partial charge is 0.390 e. The molecule has 2 atom stereocenters. The van der Waals surface area contributed by atoms with Crippen molar-refractivity contribution >= 4 is 0 Å². The van der Waals surface area contributed by atoms with Crippen molar-refractivity contribution in [3.05, 3.63) is 35.9 Å². The Morgan fingerprint density at radius 3 is 2.35 bits per heavy atom. The van der Waals surface area contributed by atoms with Crippen molar-refractivity contribution in [2.75, 3.05) is 0 Å². The standard InChI is InChI=1S/C15H22O2/c1-12-10-15(16,11-13(2)17-12)9-8-14-6-4-3-5-7-14/h3-7,12-13,16H,8-11H2,1-2H3. The molecule has 1 aliphatic rings. The van der Waals surface area contributed by atoms with Gasteiger partial charge in [-0.2, -0.15) is 0 Å². The highest BCUT2D eigenvalue weighted by Crippen LogP contribution is 2.32. The summed E-state index contributed by atoms with van der Waals surface area (Å²) in [4.78, 5) is 0. The highest BCUT2D eigenvalue weighted by atomic mass is 16.5. The molecule has 1 fully saturated rings. The molecule has 94 valence electrons. The van der Waals surface area contributed by atoms with E-state index >= 15 is 0 Å². The molecule has 2 unspecified atom stereocenters. The van der Waals surface area contributed by atoms with E-state index in [4.69, 9.17) is 4.74 Å². The molecule has 0 radical (unpaired) electrons. The summed E-state index contributed by atoms with van der Waals surface area (Å²) < 4.78 is 5.67. The molecule has 0 saturated carbocycles. The molecule has 0 aliphatic carbocycles. The van der Waals surface area contributed by atoms with Gasteiger partial charge in [0.15, 0.2) is 0 Å². The monoisotopic (exact) mass is 234 g/mol. The maximum absolute atomic E-state index is 10.6. The van der Waals surface area contributed by atoms with Gasteiger partial charge in [0.05, 0.1) is 17.8 Å². The fourth-order valence-corrected chi connectivity index (χ4v) is 2.87. The molecule has 0 bridgehead atoms. The van der Waals surface area contributed by atoms with E-state index < -0.39 is 5.60 Å². The number of aryl methyl sites for hydroxylation is 1. The maximum atomic E-state index is 10.6. The van der Waals surface area contributed by atoms with E-state index in [0.717, 1.165) is 25.7 Å². The molecule has 1 N–H and O–H groups in total. The quantitative estimate of drug-likeness (QED) is 0.871. The predicted molar refractivity (Wildman–Crippen MR) is 69.0 cm³/mol. The second-order valence-corrected chi connectivity index (χ2v) is 5.38. The minimum absolute atomic E-state index is 0.166. The van der Waals surface area contributed by atoms with Crippen LogP contribution >= 0.6 is 0 Å². The molecule has 0 spiro atoms. The number of aliphatic hydroxyl groups is 1. The van der Waals surface area contributed by atoms with Gasteiger partial charge in [-0.15, -0.1) is 0 Å². The van der Waals surface area contributed by atoms with Crippen molar-refractivity contribution in [2.24, 2.45) is 0 Å². The third-order valence-corrected chi connectivity index (χ3v) is 3.52. The van der Waals surface area contributed by atoms with Crippen molar-refractivity contribution in [3.63, 3.8) is 0 Å². The number of hydrogen-bond acceptors (Lipinski definition) is 2. The Morgan fingerprint density at radius 2 is 1.76 bits per heavy atom. The minimum atomic E-state index is -0.549. The van der Waals surface area contributed by atoms with Crippen LogP contribution in [0.2, 0.25) is 0 Å². The molecule has 1 aliphatic heterocycles. The van der Waals surface area contributed by atoms with Crippen LogP contribution in [0.5, 0.6) is 0 Å². The van der Waals surface area contributed by atoms with Gasteiger partial charge in [0.1, 0.15) is 0 Å². The third kappa shape index (κ3) is 3.55. The van der Waals surface area contributed by atoms with E-state index in [1.807, 2.05) is 19.9 Å². The maximum Gasteiger partial charge on any atom is 0.0700 e. The molecule has 1 aromatic rings. The highest BCUT2D eigenvalue weighted by molar-refractivity contribution is 5.15. The van der Waals surface area contributed by atoms with Gasteiger partial charge in [0.2, 0.25) is 0 Å². The van der Waals surface area contributed by atoms with E-state index in [1.54, 1.807) is 0 Å². The van der Waals surface area contributed by atoms with Gasteiger partial charge in [-0.1, -0.05) is 30.3 Å². The Kier molecular flexibility index (Phi) is 3.85. The van der Waals surface area contributed by atoms with Gasteiger partial charge in [-0.25, -0.2) is 0 Å². The summed E-state index contributed by atoms with van der Waals surface area (Å²) >= 11 is 0. The van der Waals surface area contributed by atoms with Crippen LogP contribution in [0, 0.1) is 0 Å². The van der Waals surface area contributed by atoms with E-state index in [9.17, 15) is 5.11 Å². The molecule has 2 rings (SSSR count). The van der Waals surface area contributed by atoms with Crippen molar-refractivity contribution in [3.8, 4) is 0 Å². The third-order valence-electron chi connectivity index (χ3n) is 3.52. The lowest BCUT2D eigenvalue weighted by atomic mass is 9.83. The summed E-state index contributed by atoms with van der Waals surface area (Å²) in [5, 5.41) is 10.6. The number of ether oxygens (including phenoxy) is 1. The van der Waals surface area contributed by atoms with Crippen molar-refractivity contribution in [1.82, 2.24) is 0 Å². The van der Waals surface area contributed by atoms with E-state index in [-0.39, 0.29) is 12.2 Å². The van der Waals surface area contributed by atoms with E-state index in [2.05, 4.69) is 24.3 Å². The molecular formula is C15H22O2. The Bertz CT molecular complexity index is 337. The van der Waals surface area contributed by atoms with Crippen LogP contribution in [0.15, 0.2) is 30.3 Å². The summed E-state index contributed by atoms with van der Waals surface area (Å²) in [6.45, 7) is 4.09. The Balaban J connectivity index is 1.93. The fraction of sp³-hybridized carbons (Fsp3) is 0.600. The van der Waals surface area contributed by atoms with Crippen LogP contribution in [-0.2, 0) is 11.2 Å². The molecule has 0 amide bonds. The summed E-state index contributed by atoms with van der Waals surface area (Å²) in [5.41, 5.74) is 0.750. The molecule has 17 heavy (non-hydrogen) atoms. The summed E-state index contributed by atoms with van der Waals surface area (Å²) in [5.74, 6) is 0. The smallest absolute Gasteiger partial charge is 0.0700 e. The molecule has 1 saturated heterocycles.